The van der Waals surface area contributed by atoms with Gasteiger partial charge in [0.05, 0.1) is 0 Å². The summed E-state index contributed by atoms with van der Waals surface area (Å²) >= 11 is 0. The molecule has 1 unspecified atom stereocenters. The largest absolute Gasteiger partial charge is 0.508 e. The number of rotatable bonds is 5. The van der Waals surface area contributed by atoms with Gasteiger partial charge in [0.15, 0.2) is 0 Å². The highest BCUT2D eigenvalue weighted by atomic mass is 16.3. The van der Waals surface area contributed by atoms with Crippen molar-refractivity contribution < 1.29 is 5.11 Å². The van der Waals surface area contributed by atoms with Gasteiger partial charge in [0.1, 0.15) is 5.75 Å². The zero-order valence-corrected chi connectivity index (χ0v) is 12.6. The quantitative estimate of drug-likeness (QED) is 0.796. The van der Waals surface area contributed by atoms with Crippen molar-refractivity contribution in [3.8, 4) is 5.75 Å². The molecule has 0 spiro atoms. The number of aryl methyl sites for hydroxylation is 1. The first kappa shape index (κ1) is 14.6. The van der Waals surface area contributed by atoms with Gasteiger partial charge in [0, 0.05) is 5.92 Å². The maximum atomic E-state index is 9.35. The van der Waals surface area contributed by atoms with Gasteiger partial charge in [-0.05, 0) is 47.6 Å². The highest BCUT2D eigenvalue weighted by Crippen LogP contribution is 2.26. The fraction of sp³-hybridized carbons (Fsp3) is 0.368. The van der Waals surface area contributed by atoms with Crippen LogP contribution in [0, 0.1) is 5.92 Å². The van der Waals surface area contributed by atoms with Gasteiger partial charge in [0.25, 0.3) is 0 Å². The van der Waals surface area contributed by atoms with E-state index in [1.807, 2.05) is 12.1 Å². The van der Waals surface area contributed by atoms with Crippen molar-refractivity contribution in [2.24, 2.45) is 5.92 Å². The molecule has 0 amide bonds. The summed E-state index contributed by atoms with van der Waals surface area (Å²) in [4.78, 5) is 0. The molecule has 0 bridgehead atoms. The molecule has 0 aliphatic carbocycles. The Balaban J connectivity index is 2.07. The maximum Gasteiger partial charge on any atom is 0.115 e. The fourth-order valence-corrected chi connectivity index (χ4v) is 2.38. The van der Waals surface area contributed by atoms with Gasteiger partial charge in [-0.2, -0.15) is 0 Å². The Bertz CT molecular complexity index is 523. The second kappa shape index (κ2) is 6.60. The number of hydrogen-bond donors (Lipinski definition) is 1. The zero-order valence-electron chi connectivity index (χ0n) is 12.6. The minimum Gasteiger partial charge on any atom is -0.508 e. The van der Waals surface area contributed by atoms with Crippen LogP contribution in [0.15, 0.2) is 48.5 Å². The molecule has 0 saturated heterocycles. The third-order valence-electron chi connectivity index (χ3n) is 3.88. The van der Waals surface area contributed by atoms with E-state index in [4.69, 9.17) is 0 Å². The summed E-state index contributed by atoms with van der Waals surface area (Å²) in [6.07, 6.45) is 2.40. The van der Waals surface area contributed by atoms with Gasteiger partial charge in [-0.1, -0.05) is 57.2 Å². The van der Waals surface area contributed by atoms with Crippen molar-refractivity contribution in [2.75, 3.05) is 0 Å². The van der Waals surface area contributed by atoms with Crippen LogP contribution in [-0.4, -0.2) is 5.11 Å². The van der Waals surface area contributed by atoms with Gasteiger partial charge in [-0.25, -0.2) is 0 Å². The lowest BCUT2D eigenvalue weighted by Gasteiger charge is -2.13. The van der Waals surface area contributed by atoms with Crippen LogP contribution in [0.25, 0.3) is 0 Å². The van der Waals surface area contributed by atoms with Gasteiger partial charge < -0.3 is 5.11 Å². The van der Waals surface area contributed by atoms with E-state index in [1.54, 1.807) is 12.1 Å². The topological polar surface area (TPSA) is 20.2 Å². The van der Waals surface area contributed by atoms with Crippen LogP contribution in [0.1, 0.15) is 49.8 Å². The van der Waals surface area contributed by atoms with Crippen molar-refractivity contribution in [2.45, 2.75) is 39.5 Å². The van der Waals surface area contributed by atoms with Crippen LogP contribution in [0.3, 0.4) is 0 Å². The van der Waals surface area contributed by atoms with Gasteiger partial charge >= 0.3 is 0 Å². The Hall–Kier alpha value is -1.76. The maximum absolute atomic E-state index is 9.35. The van der Waals surface area contributed by atoms with Crippen LogP contribution in [-0.2, 0) is 6.42 Å². The monoisotopic (exact) mass is 268 g/mol. The molecule has 2 rings (SSSR count). The second-order valence-corrected chi connectivity index (χ2v) is 5.99. The molecular formula is C19H24O. The SMILES string of the molecule is CC(C)CCc1ccc(C(C)c2ccc(O)cc2)cc1. The molecule has 2 aromatic rings. The molecule has 1 atom stereocenters. The Morgan fingerprint density at radius 3 is 1.80 bits per heavy atom. The van der Waals surface area contributed by atoms with Crippen molar-refractivity contribution in [3.63, 3.8) is 0 Å². The summed E-state index contributed by atoms with van der Waals surface area (Å²) in [7, 11) is 0. The van der Waals surface area contributed by atoms with Gasteiger partial charge in [0.2, 0.25) is 0 Å². The summed E-state index contributed by atoms with van der Waals surface area (Å²) in [6.45, 7) is 6.73. The summed E-state index contributed by atoms with van der Waals surface area (Å²) in [5, 5.41) is 9.35. The smallest absolute Gasteiger partial charge is 0.115 e. The van der Waals surface area contributed by atoms with E-state index in [0.29, 0.717) is 11.7 Å². The van der Waals surface area contributed by atoms with Crippen molar-refractivity contribution in [1.29, 1.82) is 0 Å². The lowest BCUT2D eigenvalue weighted by molar-refractivity contribution is 0.475. The number of aromatic hydroxyl groups is 1. The number of phenols is 1. The van der Waals surface area contributed by atoms with E-state index >= 15 is 0 Å². The highest BCUT2D eigenvalue weighted by molar-refractivity contribution is 5.36. The van der Waals surface area contributed by atoms with E-state index < -0.39 is 0 Å². The molecule has 0 heterocycles. The molecule has 1 nitrogen and oxygen atoms in total. The summed E-state index contributed by atoms with van der Waals surface area (Å²) in [5.41, 5.74) is 3.97. The van der Waals surface area contributed by atoms with Crippen molar-refractivity contribution in [3.05, 3.63) is 65.2 Å². The molecule has 1 heteroatoms. The third-order valence-corrected chi connectivity index (χ3v) is 3.88. The minimum atomic E-state index is 0.324. The molecule has 1 N–H and O–H groups in total. The van der Waals surface area contributed by atoms with E-state index in [9.17, 15) is 5.11 Å². The molecule has 0 fully saturated rings. The number of phenolic OH excluding ortho intramolecular Hbond substituents is 1. The first-order valence-electron chi connectivity index (χ1n) is 7.44. The fourth-order valence-electron chi connectivity index (χ4n) is 2.38. The predicted molar refractivity (Wildman–Crippen MR) is 85.2 cm³/mol. The Morgan fingerprint density at radius 2 is 1.30 bits per heavy atom. The van der Waals surface area contributed by atoms with E-state index in [2.05, 4.69) is 45.0 Å². The van der Waals surface area contributed by atoms with Crippen LogP contribution in [0.4, 0.5) is 0 Å². The first-order valence-corrected chi connectivity index (χ1v) is 7.44. The second-order valence-electron chi connectivity index (χ2n) is 5.99. The summed E-state index contributed by atoms with van der Waals surface area (Å²) in [6, 6.07) is 16.4. The van der Waals surface area contributed by atoms with Crippen LogP contribution < -0.4 is 0 Å². The van der Waals surface area contributed by atoms with Gasteiger partial charge in [-0.15, -0.1) is 0 Å². The molecule has 0 aliphatic heterocycles. The number of benzene rings is 2. The molecule has 0 aliphatic rings. The molecule has 0 aromatic heterocycles. The Kier molecular flexibility index (Phi) is 4.84. The molecular weight excluding hydrogens is 244 g/mol. The van der Waals surface area contributed by atoms with Gasteiger partial charge in [-0.3, -0.25) is 0 Å². The number of hydrogen-bond acceptors (Lipinski definition) is 1. The Morgan fingerprint density at radius 1 is 0.800 bits per heavy atom. The highest BCUT2D eigenvalue weighted by Gasteiger charge is 2.08. The standard InChI is InChI=1S/C19H24O/c1-14(2)4-5-16-6-8-17(9-7-16)15(3)18-10-12-19(20)13-11-18/h6-15,20H,4-5H2,1-3H3. The van der Waals surface area contributed by atoms with E-state index in [1.165, 1.54) is 23.1 Å². The minimum absolute atomic E-state index is 0.324. The van der Waals surface area contributed by atoms with E-state index in [0.717, 1.165) is 12.3 Å². The van der Waals surface area contributed by atoms with Crippen molar-refractivity contribution >= 4 is 0 Å². The lowest BCUT2D eigenvalue weighted by atomic mass is 9.92. The molecule has 0 saturated carbocycles. The average Bonchev–Trinajstić information content (AvgIpc) is 2.46. The average molecular weight is 268 g/mol. The Labute approximate surface area is 122 Å². The predicted octanol–water partition coefficient (Wildman–Crippen LogP) is 5.13. The molecule has 2 aromatic carbocycles. The molecule has 20 heavy (non-hydrogen) atoms. The van der Waals surface area contributed by atoms with Crippen LogP contribution >= 0.6 is 0 Å². The third kappa shape index (κ3) is 3.86. The first-order chi connectivity index (χ1) is 9.56. The molecule has 106 valence electrons. The summed E-state index contributed by atoms with van der Waals surface area (Å²) in [5.74, 6) is 1.44. The van der Waals surface area contributed by atoms with Crippen LogP contribution in [0.2, 0.25) is 0 Å². The normalized spacial score (nSPS) is 12.6. The van der Waals surface area contributed by atoms with E-state index in [-0.39, 0.29) is 0 Å². The lowest BCUT2D eigenvalue weighted by Crippen LogP contribution is -1.97. The summed E-state index contributed by atoms with van der Waals surface area (Å²) < 4.78 is 0. The van der Waals surface area contributed by atoms with Crippen molar-refractivity contribution in [1.82, 2.24) is 0 Å². The molecule has 0 radical (unpaired) electrons. The zero-order chi connectivity index (χ0) is 14.5. The van der Waals surface area contributed by atoms with Crippen LogP contribution in [0.5, 0.6) is 5.75 Å².